The minimum absolute atomic E-state index is 0.118. The number of hydrazine groups is 1. The maximum absolute atomic E-state index is 11.8. The number of aryl methyl sites for hydroxylation is 2. The summed E-state index contributed by atoms with van der Waals surface area (Å²) in [5.41, 5.74) is 4.61. The van der Waals surface area contributed by atoms with E-state index in [0.29, 0.717) is 21.8 Å². The van der Waals surface area contributed by atoms with E-state index in [1.165, 1.54) is 18.3 Å². The second kappa shape index (κ2) is 5.43. The third-order valence-electron chi connectivity index (χ3n) is 2.63. The SMILES string of the molecule is Cc1cc(C(=O)NNC(=O)c2cccc[n+]2[O-])c(C)o1. The van der Waals surface area contributed by atoms with Gasteiger partial charge in [-0.05, 0) is 26.0 Å². The molecule has 0 aliphatic heterocycles. The first-order valence-corrected chi connectivity index (χ1v) is 5.85. The first-order valence-electron chi connectivity index (χ1n) is 5.85. The molecule has 2 N–H and O–H groups in total. The maximum Gasteiger partial charge on any atom is 0.335 e. The molecule has 0 bridgehead atoms. The lowest BCUT2D eigenvalue weighted by molar-refractivity contribution is -0.607. The highest BCUT2D eigenvalue weighted by molar-refractivity contribution is 5.98. The third kappa shape index (κ3) is 2.77. The molecule has 0 unspecified atom stereocenters. The van der Waals surface area contributed by atoms with Crippen LogP contribution in [-0.4, -0.2) is 11.8 Å². The van der Waals surface area contributed by atoms with E-state index in [0.717, 1.165) is 0 Å². The summed E-state index contributed by atoms with van der Waals surface area (Å²) in [5.74, 6) is -0.166. The van der Waals surface area contributed by atoms with Gasteiger partial charge in [0.15, 0.2) is 6.20 Å². The number of pyridine rings is 1. The van der Waals surface area contributed by atoms with Gasteiger partial charge in [-0.3, -0.25) is 20.4 Å². The molecule has 20 heavy (non-hydrogen) atoms. The monoisotopic (exact) mass is 275 g/mol. The van der Waals surface area contributed by atoms with E-state index >= 15 is 0 Å². The molecule has 0 aliphatic rings. The van der Waals surface area contributed by atoms with Crippen molar-refractivity contribution in [1.82, 2.24) is 10.9 Å². The molecule has 0 atom stereocenters. The van der Waals surface area contributed by atoms with Crippen molar-refractivity contribution in [2.24, 2.45) is 0 Å². The molecule has 7 heteroatoms. The van der Waals surface area contributed by atoms with Crippen molar-refractivity contribution in [3.8, 4) is 0 Å². The largest absolute Gasteiger partial charge is 0.618 e. The molecule has 0 aliphatic carbocycles. The van der Waals surface area contributed by atoms with Gasteiger partial charge in [-0.2, -0.15) is 4.73 Å². The summed E-state index contributed by atoms with van der Waals surface area (Å²) in [4.78, 5) is 23.6. The van der Waals surface area contributed by atoms with Gasteiger partial charge >= 0.3 is 5.91 Å². The fourth-order valence-electron chi connectivity index (χ4n) is 1.71. The molecule has 0 fully saturated rings. The van der Waals surface area contributed by atoms with E-state index in [4.69, 9.17) is 4.42 Å². The smallest absolute Gasteiger partial charge is 0.335 e. The van der Waals surface area contributed by atoms with Crippen molar-refractivity contribution in [2.75, 3.05) is 0 Å². The van der Waals surface area contributed by atoms with E-state index in [2.05, 4.69) is 10.9 Å². The molecule has 0 spiro atoms. The summed E-state index contributed by atoms with van der Waals surface area (Å²) in [6.07, 6.45) is 1.19. The van der Waals surface area contributed by atoms with Crippen molar-refractivity contribution in [3.05, 3.63) is 58.4 Å². The Hall–Kier alpha value is -2.83. The number of carbonyl (C=O) groups excluding carboxylic acids is 2. The first kappa shape index (κ1) is 13.6. The number of hydrogen-bond acceptors (Lipinski definition) is 4. The normalized spacial score (nSPS) is 10.1. The summed E-state index contributed by atoms with van der Waals surface area (Å²) in [5, 5.41) is 11.4. The number of furan rings is 1. The number of rotatable bonds is 2. The third-order valence-corrected chi connectivity index (χ3v) is 2.63. The molecule has 104 valence electrons. The van der Waals surface area contributed by atoms with Crippen molar-refractivity contribution in [3.63, 3.8) is 0 Å². The van der Waals surface area contributed by atoms with Gasteiger partial charge in [-0.25, -0.2) is 0 Å². The first-order chi connectivity index (χ1) is 9.49. The van der Waals surface area contributed by atoms with Gasteiger partial charge in [0, 0.05) is 12.1 Å². The predicted octanol–water partition coefficient (Wildman–Crippen LogP) is 0.605. The Bertz CT molecular complexity index is 663. The minimum Gasteiger partial charge on any atom is -0.618 e. The Balaban J connectivity index is 2.02. The predicted molar refractivity (Wildman–Crippen MR) is 68.5 cm³/mol. The molecular weight excluding hydrogens is 262 g/mol. The Kier molecular flexibility index (Phi) is 3.69. The van der Waals surface area contributed by atoms with E-state index in [9.17, 15) is 14.8 Å². The van der Waals surface area contributed by atoms with Crippen LogP contribution in [-0.2, 0) is 0 Å². The number of amides is 2. The van der Waals surface area contributed by atoms with Gasteiger partial charge < -0.3 is 9.62 Å². The van der Waals surface area contributed by atoms with Crippen LogP contribution in [0.4, 0.5) is 0 Å². The molecule has 2 aromatic heterocycles. The van der Waals surface area contributed by atoms with Gasteiger partial charge in [0.1, 0.15) is 11.5 Å². The van der Waals surface area contributed by atoms with Crippen LogP contribution in [0.3, 0.4) is 0 Å². The molecule has 0 saturated heterocycles. The lowest BCUT2D eigenvalue weighted by Crippen LogP contribution is -2.46. The number of nitrogens with one attached hydrogen (secondary N) is 2. The molecule has 0 radical (unpaired) electrons. The van der Waals surface area contributed by atoms with Gasteiger partial charge in [-0.1, -0.05) is 0 Å². The van der Waals surface area contributed by atoms with Gasteiger partial charge in [0.2, 0.25) is 0 Å². The van der Waals surface area contributed by atoms with Crippen molar-refractivity contribution in [1.29, 1.82) is 0 Å². The molecular formula is C13H13N3O4. The second-order valence-corrected chi connectivity index (χ2v) is 4.15. The minimum atomic E-state index is -0.702. The fraction of sp³-hybridized carbons (Fsp3) is 0.154. The number of aromatic nitrogens is 1. The summed E-state index contributed by atoms with van der Waals surface area (Å²) < 4.78 is 5.63. The van der Waals surface area contributed by atoms with Crippen molar-refractivity contribution < 1.29 is 18.7 Å². The Labute approximate surface area is 114 Å². The van der Waals surface area contributed by atoms with Crippen LogP contribution >= 0.6 is 0 Å². The molecule has 7 nitrogen and oxygen atoms in total. The number of carbonyl (C=O) groups is 2. The average molecular weight is 275 g/mol. The van der Waals surface area contributed by atoms with Crippen LogP contribution in [0.5, 0.6) is 0 Å². The Morgan fingerprint density at radius 3 is 2.50 bits per heavy atom. The quantitative estimate of drug-likeness (QED) is 0.476. The summed E-state index contributed by atoms with van der Waals surface area (Å²) in [6.45, 7) is 3.36. The van der Waals surface area contributed by atoms with Crippen LogP contribution in [0, 0.1) is 19.1 Å². The van der Waals surface area contributed by atoms with Gasteiger partial charge in [0.25, 0.3) is 11.6 Å². The van der Waals surface area contributed by atoms with Crippen LogP contribution < -0.4 is 15.6 Å². The summed E-state index contributed by atoms with van der Waals surface area (Å²) in [6, 6.07) is 5.96. The average Bonchev–Trinajstić information content (AvgIpc) is 2.75. The highest BCUT2D eigenvalue weighted by Gasteiger charge is 2.18. The van der Waals surface area contributed by atoms with Crippen LogP contribution in [0.25, 0.3) is 0 Å². The topological polar surface area (TPSA) is 98.3 Å². The lowest BCUT2D eigenvalue weighted by Gasteiger charge is -2.06. The summed E-state index contributed by atoms with van der Waals surface area (Å²) in [7, 11) is 0. The zero-order chi connectivity index (χ0) is 14.7. The fourth-order valence-corrected chi connectivity index (χ4v) is 1.71. The second-order valence-electron chi connectivity index (χ2n) is 4.15. The highest BCUT2D eigenvalue weighted by atomic mass is 16.5. The number of nitrogens with zero attached hydrogens (tertiary/aromatic N) is 1. The Morgan fingerprint density at radius 1 is 1.20 bits per heavy atom. The van der Waals surface area contributed by atoms with Gasteiger partial charge in [0.05, 0.1) is 5.56 Å². The standard InChI is InChI=1S/C13H13N3O4/c1-8-7-10(9(2)20-8)12(17)14-15-13(18)11-5-3-4-6-16(11)19/h3-7H,1-2H3,(H,14,17)(H,15,18). The van der Waals surface area contributed by atoms with Crippen LogP contribution in [0.2, 0.25) is 0 Å². The van der Waals surface area contributed by atoms with E-state index in [1.807, 2.05) is 0 Å². The van der Waals surface area contributed by atoms with E-state index in [1.54, 1.807) is 26.0 Å². The summed E-state index contributed by atoms with van der Waals surface area (Å²) >= 11 is 0. The molecule has 0 aromatic carbocycles. The van der Waals surface area contributed by atoms with Gasteiger partial charge in [-0.15, -0.1) is 0 Å². The van der Waals surface area contributed by atoms with Crippen LogP contribution in [0.15, 0.2) is 34.9 Å². The Morgan fingerprint density at radius 2 is 1.90 bits per heavy atom. The van der Waals surface area contributed by atoms with Crippen molar-refractivity contribution in [2.45, 2.75) is 13.8 Å². The molecule has 2 amide bonds. The number of hydrogen-bond donors (Lipinski definition) is 2. The zero-order valence-electron chi connectivity index (χ0n) is 11.0. The van der Waals surface area contributed by atoms with Crippen molar-refractivity contribution >= 4 is 11.8 Å². The molecule has 2 aromatic rings. The van der Waals surface area contributed by atoms with E-state index < -0.39 is 11.8 Å². The molecule has 0 saturated carbocycles. The zero-order valence-corrected chi connectivity index (χ0v) is 11.0. The highest BCUT2D eigenvalue weighted by Crippen LogP contribution is 2.12. The molecule has 2 rings (SSSR count). The van der Waals surface area contributed by atoms with Crippen LogP contribution in [0.1, 0.15) is 32.4 Å². The molecule has 2 heterocycles. The lowest BCUT2D eigenvalue weighted by atomic mass is 10.2. The maximum atomic E-state index is 11.8. The van der Waals surface area contributed by atoms with E-state index in [-0.39, 0.29) is 5.69 Å².